The zero-order chi connectivity index (χ0) is 19.6. The van der Waals surface area contributed by atoms with Crippen LogP contribution in [-0.4, -0.2) is 19.7 Å². The Hall–Kier alpha value is -2.98. The Labute approximate surface area is 156 Å². The minimum Gasteiger partial charge on any atom is -0.449 e. The number of carbonyl (C=O) groups is 1. The Morgan fingerprint density at radius 3 is 2.41 bits per heavy atom. The fraction of sp³-hybridized carbons (Fsp3) is 0. The number of ether oxygens (including phenoxy) is 1. The lowest BCUT2D eigenvalue weighted by molar-refractivity contribution is 0.146. The van der Waals surface area contributed by atoms with Gasteiger partial charge in [-0.2, -0.15) is 0 Å². The summed E-state index contributed by atoms with van der Waals surface area (Å²) in [5.41, 5.74) is 0.529. The summed E-state index contributed by atoms with van der Waals surface area (Å²) in [4.78, 5) is 10.7. The molecule has 0 bridgehead atoms. The number of benzene rings is 2. The van der Waals surface area contributed by atoms with Crippen LogP contribution < -0.4 is 9.46 Å². The Morgan fingerprint density at radius 1 is 1.07 bits per heavy atom. The summed E-state index contributed by atoms with van der Waals surface area (Å²) >= 11 is 0.900. The minimum absolute atomic E-state index is 0.176. The Bertz CT molecular complexity index is 1100. The van der Waals surface area contributed by atoms with Crippen LogP contribution in [0.3, 0.4) is 0 Å². The number of nitrogens with one attached hydrogen (secondary N) is 1. The first kappa shape index (κ1) is 18.8. The number of hydrogen-bond donors (Lipinski definition) is 2. The molecule has 10 heteroatoms. The molecule has 0 amide bonds. The van der Waals surface area contributed by atoms with Crippen molar-refractivity contribution in [2.45, 2.75) is 4.90 Å². The fourth-order valence-corrected chi connectivity index (χ4v) is 4.38. The van der Waals surface area contributed by atoms with Crippen LogP contribution in [0.25, 0.3) is 10.4 Å². The van der Waals surface area contributed by atoms with Crippen molar-refractivity contribution in [1.29, 1.82) is 0 Å². The molecule has 140 valence electrons. The summed E-state index contributed by atoms with van der Waals surface area (Å²) in [6.45, 7) is 0. The van der Waals surface area contributed by atoms with Gasteiger partial charge in [0.05, 0.1) is 0 Å². The number of anilines is 1. The van der Waals surface area contributed by atoms with Crippen molar-refractivity contribution < 1.29 is 31.8 Å². The molecule has 3 rings (SSSR count). The second-order valence-corrected chi connectivity index (χ2v) is 7.89. The number of halogens is 2. The van der Waals surface area contributed by atoms with E-state index in [1.807, 2.05) is 0 Å². The summed E-state index contributed by atoms with van der Waals surface area (Å²) in [7, 11) is -4.45. The summed E-state index contributed by atoms with van der Waals surface area (Å²) in [5.74, 6) is -2.20. The number of carboxylic acid groups (broad SMARTS) is 1. The van der Waals surface area contributed by atoms with Crippen molar-refractivity contribution in [2.24, 2.45) is 0 Å². The molecule has 6 nitrogen and oxygen atoms in total. The SMILES string of the molecule is O=C(O)Oc1sc(-c2ccccc2)cc1NS(=O)(=O)c1ccc(F)cc1F. The maximum Gasteiger partial charge on any atom is 0.512 e. The monoisotopic (exact) mass is 411 g/mol. The molecule has 3 aromatic rings. The molecule has 0 fully saturated rings. The van der Waals surface area contributed by atoms with E-state index in [1.54, 1.807) is 30.3 Å². The van der Waals surface area contributed by atoms with Gasteiger partial charge in [0.1, 0.15) is 22.2 Å². The van der Waals surface area contributed by atoms with E-state index < -0.39 is 32.7 Å². The first-order valence-electron chi connectivity index (χ1n) is 7.34. The van der Waals surface area contributed by atoms with Crippen molar-refractivity contribution in [3.63, 3.8) is 0 Å². The van der Waals surface area contributed by atoms with E-state index in [2.05, 4.69) is 9.46 Å². The van der Waals surface area contributed by atoms with E-state index in [4.69, 9.17) is 5.11 Å². The van der Waals surface area contributed by atoms with E-state index >= 15 is 0 Å². The Kier molecular flexibility index (Phi) is 5.10. The highest BCUT2D eigenvalue weighted by atomic mass is 32.2. The minimum atomic E-state index is -4.45. The summed E-state index contributed by atoms with van der Waals surface area (Å²) in [6, 6.07) is 12.2. The molecule has 2 aromatic carbocycles. The van der Waals surface area contributed by atoms with Gasteiger partial charge in [-0.25, -0.2) is 22.0 Å². The molecule has 0 saturated heterocycles. The van der Waals surface area contributed by atoms with Gasteiger partial charge in [-0.05, 0) is 23.8 Å². The lowest BCUT2D eigenvalue weighted by Crippen LogP contribution is -2.15. The summed E-state index contributed by atoms with van der Waals surface area (Å²) in [6.07, 6.45) is -1.63. The smallest absolute Gasteiger partial charge is 0.449 e. The largest absolute Gasteiger partial charge is 0.512 e. The van der Waals surface area contributed by atoms with E-state index in [0.717, 1.165) is 23.5 Å². The van der Waals surface area contributed by atoms with Crippen molar-refractivity contribution in [1.82, 2.24) is 0 Å². The van der Waals surface area contributed by atoms with Gasteiger partial charge in [0, 0.05) is 10.9 Å². The van der Waals surface area contributed by atoms with Crippen LogP contribution >= 0.6 is 11.3 Å². The first-order valence-corrected chi connectivity index (χ1v) is 9.64. The Balaban J connectivity index is 2.02. The molecule has 0 aliphatic rings. The van der Waals surface area contributed by atoms with Gasteiger partial charge in [-0.15, -0.1) is 0 Å². The lowest BCUT2D eigenvalue weighted by Gasteiger charge is -2.08. The molecule has 1 aromatic heterocycles. The molecular formula is C17H11F2NO5S2. The highest BCUT2D eigenvalue weighted by Gasteiger charge is 2.24. The Morgan fingerprint density at radius 2 is 1.78 bits per heavy atom. The highest BCUT2D eigenvalue weighted by Crippen LogP contribution is 2.41. The van der Waals surface area contributed by atoms with E-state index in [1.165, 1.54) is 6.07 Å². The van der Waals surface area contributed by atoms with Gasteiger partial charge < -0.3 is 9.84 Å². The second-order valence-electron chi connectivity index (χ2n) is 5.23. The predicted molar refractivity (Wildman–Crippen MR) is 95.6 cm³/mol. The van der Waals surface area contributed by atoms with E-state index in [0.29, 0.717) is 16.5 Å². The zero-order valence-corrected chi connectivity index (χ0v) is 15.0. The van der Waals surface area contributed by atoms with Crippen LogP contribution in [0.2, 0.25) is 0 Å². The highest BCUT2D eigenvalue weighted by molar-refractivity contribution is 7.92. The standard InChI is InChI=1S/C17H11F2NO5S2/c18-11-6-7-15(12(19)8-11)27(23,24)20-13-9-14(10-4-2-1-3-5-10)26-16(13)25-17(21)22/h1-9,20H,(H,21,22). The third-order valence-corrected chi connectivity index (χ3v) is 5.82. The maximum absolute atomic E-state index is 13.8. The number of sulfonamides is 1. The van der Waals surface area contributed by atoms with Crippen molar-refractivity contribution >= 4 is 33.2 Å². The zero-order valence-electron chi connectivity index (χ0n) is 13.3. The van der Waals surface area contributed by atoms with Crippen LogP contribution in [0.4, 0.5) is 19.3 Å². The molecule has 0 saturated carbocycles. The quantitative estimate of drug-likeness (QED) is 0.601. The van der Waals surface area contributed by atoms with Crippen LogP contribution in [0.15, 0.2) is 59.5 Å². The van der Waals surface area contributed by atoms with Crippen LogP contribution in [0, 0.1) is 11.6 Å². The molecule has 1 heterocycles. The van der Waals surface area contributed by atoms with Crippen molar-refractivity contribution in [2.75, 3.05) is 4.72 Å². The predicted octanol–water partition coefficient (Wildman–Crippen LogP) is 4.55. The van der Waals surface area contributed by atoms with Gasteiger partial charge in [-0.3, -0.25) is 4.72 Å². The molecular weight excluding hydrogens is 400 g/mol. The molecule has 0 atom stereocenters. The molecule has 0 spiro atoms. The molecule has 0 aliphatic heterocycles. The second kappa shape index (κ2) is 7.33. The number of rotatable bonds is 5. The molecule has 0 radical (unpaired) electrons. The van der Waals surface area contributed by atoms with Gasteiger partial charge in [-0.1, -0.05) is 41.7 Å². The normalized spacial score (nSPS) is 11.2. The van der Waals surface area contributed by atoms with Gasteiger partial charge in [0.15, 0.2) is 0 Å². The maximum atomic E-state index is 13.8. The first-order chi connectivity index (χ1) is 12.8. The van der Waals surface area contributed by atoms with E-state index in [-0.39, 0.29) is 10.8 Å². The molecule has 27 heavy (non-hydrogen) atoms. The molecule has 0 unspecified atom stereocenters. The third kappa shape index (κ3) is 4.23. The fourth-order valence-electron chi connectivity index (χ4n) is 2.24. The average Bonchev–Trinajstić information content (AvgIpc) is 2.96. The number of hydrogen-bond acceptors (Lipinski definition) is 5. The van der Waals surface area contributed by atoms with E-state index in [9.17, 15) is 22.0 Å². The van der Waals surface area contributed by atoms with Gasteiger partial charge in [0.25, 0.3) is 10.0 Å². The molecule has 0 aliphatic carbocycles. The lowest BCUT2D eigenvalue weighted by atomic mass is 10.2. The van der Waals surface area contributed by atoms with Gasteiger partial charge >= 0.3 is 6.16 Å². The summed E-state index contributed by atoms with van der Waals surface area (Å²) < 4.78 is 58.5. The molecule has 2 N–H and O–H groups in total. The van der Waals surface area contributed by atoms with Crippen LogP contribution in [0.1, 0.15) is 0 Å². The topological polar surface area (TPSA) is 92.7 Å². The third-order valence-electron chi connectivity index (χ3n) is 3.36. The van der Waals surface area contributed by atoms with Crippen molar-refractivity contribution in [3.8, 4) is 15.5 Å². The average molecular weight is 411 g/mol. The van der Waals surface area contributed by atoms with Crippen LogP contribution in [0.5, 0.6) is 5.06 Å². The summed E-state index contributed by atoms with van der Waals surface area (Å²) in [5, 5.41) is 8.64. The number of thiophene rings is 1. The van der Waals surface area contributed by atoms with Crippen LogP contribution in [-0.2, 0) is 10.0 Å². The van der Waals surface area contributed by atoms with Gasteiger partial charge in [0.2, 0.25) is 5.06 Å². The van der Waals surface area contributed by atoms with Crippen molar-refractivity contribution in [3.05, 3.63) is 66.2 Å².